The van der Waals surface area contributed by atoms with Crippen molar-refractivity contribution in [2.45, 2.75) is 0 Å². The van der Waals surface area contributed by atoms with E-state index in [0.29, 0.717) is 13.1 Å². The third-order valence-corrected chi connectivity index (χ3v) is 4.39. The van der Waals surface area contributed by atoms with Gasteiger partial charge in [0.15, 0.2) is 10.9 Å². The van der Waals surface area contributed by atoms with Gasteiger partial charge in [0, 0.05) is 37.8 Å². The molecule has 1 amide bonds. The molecule has 1 aromatic heterocycles. The van der Waals surface area contributed by atoms with E-state index in [1.165, 1.54) is 0 Å². The Balaban J connectivity index is 1.69. The molecule has 2 aromatic rings. The second kappa shape index (κ2) is 5.61. The molecule has 0 saturated carbocycles. The van der Waals surface area contributed by atoms with Crippen LogP contribution in [-0.2, 0) is 0 Å². The summed E-state index contributed by atoms with van der Waals surface area (Å²) in [5, 5.41) is 12.8. The average Bonchev–Trinajstić information content (AvgIpc) is 3.04. The van der Waals surface area contributed by atoms with E-state index in [9.17, 15) is 9.90 Å². The lowest BCUT2D eigenvalue weighted by molar-refractivity contribution is 0.0744. The number of phenols is 1. The highest BCUT2D eigenvalue weighted by molar-refractivity contribution is 7.13. The number of benzene rings is 1. The second-order valence-corrected chi connectivity index (χ2v) is 5.71. The van der Waals surface area contributed by atoms with E-state index in [4.69, 9.17) is 5.73 Å². The van der Waals surface area contributed by atoms with Gasteiger partial charge in [-0.2, -0.15) is 0 Å². The molecular formula is C14H16N4O2S. The molecule has 0 atom stereocenters. The monoisotopic (exact) mass is 304 g/mol. The summed E-state index contributed by atoms with van der Waals surface area (Å²) in [7, 11) is 0. The Hall–Kier alpha value is -2.28. The molecule has 0 aliphatic carbocycles. The summed E-state index contributed by atoms with van der Waals surface area (Å²) in [6.45, 7) is 2.68. The van der Waals surface area contributed by atoms with Gasteiger partial charge in [-0.1, -0.05) is 6.07 Å². The first-order chi connectivity index (χ1) is 10.2. The molecule has 0 radical (unpaired) electrons. The summed E-state index contributed by atoms with van der Waals surface area (Å²) in [5.74, 6) is -0.316. The van der Waals surface area contributed by atoms with Crippen LogP contribution in [0.4, 0.5) is 10.8 Å². The molecule has 1 aliphatic rings. The van der Waals surface area contributed by atoms with Gasteiger partial charge in [-0.05, 0) is 12.1 Å². The zero-order chi connectivity index (χ0) is 14.8. The number of para-hydroxylation sites is 1. The fourth-order valence-corrected chi connectivity index (χ4v) is 3.07. The van der Waals surface area contributed by atoms with Gasteiger partial charge in [-0.15, -0.1) is 11.3 Å². The van der Waals surface area contributed by atoms with Crippen molar-refractivity contribution in [1.82, 2.24) is 9.88 Å². The lowest BCUT2D eigenvalue weighted by Crippen LogP contribution is -2.48. The first-order valence-corrected chi connectivity index (χ1v) is 7.56. The van der Waals surface area contributed by atoms with E-state index in [1.807, 2.05) is 5.38 Å². The Kier molecular flexibility index (Phi) is 3.66. The molecule has 3 rings (SSSR count). The third-order valence-electron chi connectivity index (χ3n) is 3.55. The zero-order valence-corrected chi connectivity index (χ0v) is 12.2. The zero-order valence-electron chi connectivity index (χ0n) is 11.4. The van der Waals surface area contributed by atoms with Crippen molar-refractivity contribution in [3.63, 3.8) is 0 Å². The van der Waals surface area contributed by atoms with Crippen LogP contribution in [0.3, 0.4) is 0 Å². The smallest absolute Gasteiger partial charge is 0.257 e. The van der Waals surface area contributed by atoms with E-state index < -0.39 is 0 Å². The van der Waals surface area contributed by atoms with Crippen LogP contribution in [-0.4, -0.2) is 47.1 Å². The topological polar surface area (TPSA) is 82.7 Å². The van der Waals surface area contributed by atoms with Crippen LogP contribution in [0.15, 0.2) is 29.8 Å². The third kappa shape index (κ3) is 2.64. The minimum atomic E-state index is -0.182. The maximum absolute atomic E-state index is 12.4. The molecule has 1 saturated heterocycles. The van der Waals surface area contributed by atoms with Gasteiger partial charge in [0.2, 0.25) is 0 Å². The van der Waals surface area contributed by atoms with Crippen LogP contribution < -0.4 is 10.6 Å². The van der Waals surface area contributed by atoms with Crippen molar-refractivity contribution in [3.05, 3.63) is 35.3 Å². The summed E-state index contributed by atoms with van der Waals surface area (Å²) in [6.07, 6.45) is 1.78. The fraction of sp³-hybridized carbons (Fsp3) is 0.286. The number of nitrogens with zero attached hydrogens (tertiary/aromatic N) is 3. The number of nitrogens with two attached hydrogens (primary N) is 1. The van der Waals surface area contributed by atoms with Crippen molar-refractivity contribution in [2.75, 3.05) is 36.8 Å². The number of aromatic nitrogens is 1. The molecule has 0 unspecified atom stereocenters. The number of hydrogen-bond acceptors (Lipinski definition) is 6. The molecule has 7 heteroatoms. The van der Waals surface area contributed by atoms with Crippen LogP contribution in [0.5, 0.6) is 5.75 Å². The van der Waals surface area contributed by atoms with Crippen LogP contribution in [0.1, 0.15) is 10.4 Å². The van der Waals surface area contributed by atoms with Crippen molar-refractivity contribution >= 4 is 28.1 Å². The van der Waals surface area contributed by atoms with Gasteiger partial charge >= 0.3 is 0 Å². The van der Waals surface area contributed by atoms with Crippen LogP contribution in [0.2, 0.25) is 0 Å². The molecular weight excluding hydrogens is 288 g/mol. The number of amides is 1. The van der Waals surface area contributed by atoms with E-state index >= 15 is 0 Å². The number of nitrogen functional groups attached to an aromatic ring is 1. The Labute approximate surface area is 126 Å². The summed E-state index contributed by atoms with van der Waals surface area (Å²) in [5.41, 5.74) is 6.12. The average molecular weight is 304 g/mol. The van der Waals surface area contributed by atoms with E-state index in [0.717, 1.165) is 18.2 Å². The fourth-order valence-electron chi connectivity index (χ4n) is 2.38. The molecule has 1 fully saturated rings. The van der Waals surface area contributed by atoms with Gasteiger partial charge in [0.05, 0.1) is 11.3 Å². The van der Waals surface area contributed by atoms with Crippen LogP contribution in [0.25, 0.3) is 0 Å². The number of thiazole rings is 1. The van der Waals surface area contributed by atoms with Crippen molar-refractivity contribution in [3.8, 4) is 5.75 Å². The Morgan fingerprint density at radius 3 is 2.71 bits per heavy atom. The number of anilines is 2. The lowest BCUT2D eigenvalue weighted by Gasteiger charge is -2.34. The summed E-state index contributed by atoms with van der Waals surface area (Å²) >= 11 is 1.59. The predicted molar refractivity (Wildman–Crippen MR) is 82.7 cm³/mol. The minimum Gasteiger partial charge on any atom is -0.505 e. The number of carbonyl (C=O) groups excluding carboxylic acids is 1. The van der Waals surface area contributed by atoms with E-state index in [1.54, 1.807) is 40.6 Å². The van der Waals surface area contributed by atoms with Crippen LogP contribution >= 0.6 is 11.3 Å². The molecule has 21 heavy (non-hydrogen) atoms. The van der Waals surface area contributed by atoms with Crippen molar-refractivity contribution in [1.29, 1.82) is 0 Å². The van der Waals surface area contributed by atoms with E-state index in [2.05, 4.69) is 9.88 Å². The van der Waals surface area contributed by atoms with Gasteiger partial charge in [0.25, 0.3) is 5.91 Å². The van der Waals surface area contributed by atoms with Crippen LogP contribution in [0, 0.1) is 0 Å². The highest BCUT2D eigenvalue weighted by Crippen LogP contribution is 2.26. The number of aromatic hydroxyl groups is 1. The Morgan fingerprint density at radius 2 is 2.05 bits per heavy atom. The van der Waals surface area contributed by atoms with Gasteiger partial charge in [-0.25, -0.2) is 4.98 Å². The first kappa shape index (κ1) is 13.7. The van der Waals surface area contributed by atoms with Gasteiger partial charge < -0.3 is 20.6 Å². The molecule has 1 aliphatic heterocycles. The van der Waals surface area contributed by atoms with Crippen molar-refractivity contribution in [2.24, 2.45) is 0 Å². The molecule has 6 nitrogen and oxygen atoms in total. The van der Waals surface area contributed by atoms with E-state index in [-0.39, 0.29) is 22.9 Å². The number of phenolic OH excluding ortho intramolecular Hbond substituents is 1. The predicted octanol–water partition coefficient (Wildman–Crippen LogP) is 1.39. The normalized spacial score (nSPS) is 15.2. The quantitative estimate of drug-likeness (QED) is 0.647. The van der Waals surface area contributed by atoms with Gasteiger partial charge in [-0.3, -0.25) is 4.79 Å². The first-order valence-electron chi connectivity index (χ1n) is 6.68. The molecule has 0 bridgehead atoms. The Morgan fingerprint density at radius 1 is 1.29 bits per heavy atom. The highest BCUT2D eigenvalue weighted by atomic mass is 32.1. The van der Waals surface area contributed by atoms with Gasteiger partial charge in [0.1, 0.15) is 0 Å². The maximum Gasteiger partial charge on any atom is 0.257 e. The number of carbonyl (C=O) groups is 1. The standard InChI is InChI=1S/C14H16N4O2S/c15-11-3-1-2-10(12(11)19)13(20)17-5-7-18(8-6-17)14-16-4-9-21-14/h1-4,9,19H,5-8,15H2. The highest BCUT2D eigenvalue weighted by Gasteiger charge is 2.25. The minimum absolute atomic E-state index is 0.134. The second-order valence-electron chi connectivity index (χ2n) is 4.84. The summed E-state index contributed by atoms with van der Waals surface area (Å²) < 4.78 is 0. The SMILES string of the molecule is Nc1cccc(C(=O)N2CCN(c3nccs3)CC2)c1O. The number of hydrogen-bond donors (Lipinski definition) is 2. The number of piperazine rings is 1. The molecule has 3 N–H and O–H groups in total. The molecule has 2 heterocycles. The largest absolute Gasteiger partial charge is 0.505 e. The summed E-state index contributed by atoms with van der Waals surface area (Å²) in [6, 6.07) is 4.85. The molecule has 0 spiro atoms. The molecule has 110 valence electrons. The number of rotatable bonds is 2. The maximum atomic E-state index is 12.4. The Bertz CT molecular complexity index is 636. The summed E-state index contributed by atoms with van der Waals surface area (Å²) in [4.78, 5) is 20.6. The van der Waals surface area contributed by atoms with Crippen molar-refractivity contribution < 1.29 is 9.90 Å². The lowest BCUT2D eigenvalue weighted by atomic mass is 10.1. The molecule has 1 aromatic carbocycles.